The van der Waals surface area contributed by atoms with Gasteiger partial charge >= 0.3 is 0 Å². The number of aryl methyl sites for hydroxylation is 2. The van der Waals surface area contributed by atoms with Crippen LogP contribution in [0.25, 0.3) is 11.0 Å². The number of piperidine rings is 1. The van der Waals surface area contributed by atoms with Gasteiger partial charge in [-0.2, -0.15) is 5.10 Å². The molecular weight excluding hydrogens is 244 g/mol. The van der Waals surface area contributed by atoms with Gasteiger partial charge in [0.1, 0.15) is 5.39 Å². The molecule has 1 atom stereocenters. The number of aromatic nitrogens is 5. The molecule has 0 aliphatic carbocycles. The first-order valence-electron chi connectivity index (χ1n) is 6.72. The van der Waals surface area contributed by atoms with Crippen molar-refractivity contribution in [3.05, 3.63) is 16.6 Å². The summed E-state index contributed by atoms with van der Waals surface area (Å²) in [4.78, 5) is 12.2. The van der Waals surface area contributed by atoms with E-state index in [0.29, 0.717) is 23.5 Å². The average molecular weight is 262 g/mol. The molecule has 1 unspecified atom stereocenters. The molecule has 7 nitrogen and oxygen atoms in total. The average Bonchev–Trinajstić information content (AvgIpc) is 2.82. The van der Waals surface area contributed by atoms with Gasteiger partial charge in [0.25, 0.3) is 5.56 Å². The summed E-state index contributed by atoms with van der Waals surface area (Å²) in [5, 5.41) is 16.0. The SMILES string of the molecule is Cn1ncc2c(=O)n(CCC3CCCNC3)nnc21. The molecule has 1 aliphatic heterocycles. The molecule has 7 heteroatoms. The van der Waals surface area contributed by atoms with E-state index in [1.165, 1.54) is 17.5 Å². The predicted molar refractivity (Wildman–Crippen MR) is 70.8 cm³/mol. The monoisotopic (exact) mass is 262 g/mol. The first-order valence-corrected chi connectivity index (χ1v) is 6.72. The van der Waals surface area contributed by atoms with Crippen LogP contribution in [0.15, 0.2) is 11.0 Å². The van der Waals surface area contributed by atoms with Gasteiger partial charge in [-0.3, -0.25) is 4.79 Å². The maximum Gasteiger partial charge on any atom is 0.280 e. The normalized spacial score (nSPS) is 19.9. The Kier molecular flexibility index (Phi) is 3.29. The summed E-state index contributed by atoms with van der Waals surface area (Å²) in [5.41, 5.74) is 0.447. The number of hydrogen-bond donors (Lipinski definition) is 1. The van der Waals surface area contributed by atoms with Crippen molar-refractivity contribution in [2.24, 2.45) is 13.0 Å². The van der Waals surface area contributed by atoms with E-state index in [9.17, 15) is 4.79 Å². The molecule has 3 heterocycles. The molecule has 3 rings (SSSR count). The molecule has 0 bridgehead atoms. The lowest BCUT2D eigenvalue weighted by molar-refractivity contribution is 0.330. The molecule has 0 saturated carbocycles. The summed E-state index contributed by atoms with van der Waals surface area (Å²) in [6.07, 6.45) is 4.97. The number of nitrogens with one attached hydrogen (secondary N) is 1. The van der Waals surface area contributed by atoms with Crippen LogP contribution in [0, 0.1) is 5.92 Å². The van der Waals surface area contributed by atoms with Crippen LogP contribution in [0.5, 0.6) is 0 Å². The van der Waals surface area contributed by atoms with Crippen molar-refractivity contribution in [2.45, 2.75) is 25.8 Å². The smallest absolute Gasteiger partial charge is 0.280 e. The Morgan fingerprint density at radius 1 is 1.53 bits per heavy atom. The van der Waals surface area contributed by atoms with Gasteiger partial charge < -0.3 is 5.32 Å². The van der Waals surface area contributed by atoms with Crippen molar-refractivity contribution >= 4 is 11.0 Å². The van der Waals surface area contributed by atoms with E-state index in [-0.39, 0.29) is 5.56 Å². The quantitative estimate of drug-likeness (QED) is 0.836. The minimum absolute atomic E-state index is 0.0955. The van der Waals surface area contributed by atoms with Gasteiger partial charge in [0, 0.05) is 13.6 Å². The molecule has 1 saturated heterocycles. The third-order valence-corrected chi connectivity index (χ3v) is 3.77. The zero-order chi connectivity index (χ0) is 13.2. The molecule has 0 aromatic carbocycles. The van der Waals surface area contributed by atoms with Crippen LogP contribution in [0.3, 0.4) is 0 Å². The van der Waals surface area contributed by atoms with Crippen LogP contribution < -0.4 is 10.9 Å². The highest BCUT2D eigenvalue weighted by Gasteiger charge is 2.14. The largest absolute Gasteiger partial charge is 0.316 e. The minimum atomic E-state index is -0.0955. The molecule has 0 radical (unpaired) electrons. The number of fused-ring (bicyclic) bond motifs is 1. The Morgan fingerprint density at radius 3 is 3.21 bits per heavy atom. The van der Waals surface area contributed by atoms with Crippen molar-refractivity contribution in [2.75, 3.05) is 13.1 Å². The Hall–Kier alpha value is -1.76. The summed E-state index contributed by atoms with van der Waals surface area (Å²) in [7, 11) is 1.76. The second-order valence-corrected chi connectivity index (χ2v) is 5.12. The third kappa shape index (κ3) is 2.37. The molecule has 2 aromatic heterocycles. The molecule has 0 spiro atoms. The van der Waals surface area contributed by atoms with Crippen molar-refractivity contribution in [3.8, 4) is 0 Å². The zero-order valence-corrected chi connectivity index (χ0v) is 11.0. The van der Waals surface area contributed by atoms with Crippen molar-refractivity contribution < 1.29 is 0 Å². The van der Waals surface area contributed by atoms with Crippen LogP contribution in [-0.2, 0) is 13.6 Å². The van der Waals surface area contributed by atoms with Gasteiger partial charge in [-0.05, 0) is 38.3 Å². The lowest BCUT2D eigenvalue weighted by atomic mass is 9.96. The highest BCUT2D eigenvalue weighted by molar-refractivity contribution is 5.72. The second-order valence-electron chi connectivity index (χ2n) is 5.12. The fourth-order valence-electron chi connectivity index (χ4n) is 2.60. The highest BCUT2D eigenvalue weighted by atomic mass is 16.1. The van der Waals surface area contributed by atoms with E-state index < -0.39 is 0 Å². The summed E-state index contributed by atoms with van der Waals surface area (Å²) in [6, 6.07) is 0. The molecule has 19 heavy (non-hydrogen) atoms. The summed E-state index contributed by atoms with van der Waals surface area (Å²) in [6.45, 7) is 2.78. The van der Waals surface area contributed by atoms with Crippen LogP contribution in [0.1, 0.15) is 19.3 Å². The molecule has 102 valence electrons. The third-order valence-electron chi connectivity index (χ3n) is 3.77. The van der Waals surface area contributed by atoms with E-state index in [2.05, 4.69) is 20.7 Å². The Morgan fingerprint density at radius 2 is 2.42 bits per heavy atom. The van der Waals surface area contributed by atoms with E-state index in [0.717, 1.165) is 19.5 Å². The number of hydrogen-bond acceptors (Lipinski definition) is 5. The van der Waals surface area contributed by atoms with Crippen molar-refractivity contribution in [1.29, 1.82) is 0 Å². The molecule has 2 aromatic rings. The van der Waals surface area contributed by atoms with Gasteiger partial charge in [-0.1, -0.05) is 5.21 Å². The van der Waals surface area contributed by atoms with Gasteiger partial charge in [-0.25, -0.2) is 9.36 Å². The fraction of sp³-hybridized carbons (Fsp3) is 0.667. The standard InChI is InChI=1S/C12H18N6O/c1-17-11-10(8-14-17)12(19)18(16-15-11)6-4-9-3-2-5-13-7-9/h8-9,13H,2-7H2,1H3. The maximum absolute atomic E-state index is 12.2. The number of rotatable bonds is 3. The zero-order valence-electron chi connectivity index (χ0n) is 11.0. The topological polar surface area (TPSA) is 77.6 Å². The van der Waals surface area contributed by atoms with E-state index in [4.69, 9.17) is 0 Å². The van der Waals surface area contributed by atoms with Crippen LogP contribution in [0.4, 0.5) is 0 Å². The Labute approximate surface area is 110 Å². The second kappa shape index (κ2) is 5.08. The van der Waals surface area contributed by atoms with Crippen LogP contribution >= 0.6 is 0 Å². The summed E-state index contributed by atoms with van der Waals surface area (Å²) < 4.78 is 3.03. The van der Waals surface area contributed by atoms with E-state index in [1.807, 2.05) is 0 Å². The molecular formula is C12H18N6O. The fourth-order valence-corrected chi connectivity index (χ4v) is 2.60. The number of nitrogens with zero attached hydrogens (tertiary/aromatic N) is 5. The minimum Gasteiger partial charge on any atom is -0.316 e. The van der Waals surface area contributed by atoms with Gasteiger partial charge in [0.15, 0.2) is 5.65 Å². The first kappa shape index (κ1) is 12.3. The van der Waals surface area contributed by atoms with E-state index in [1.54, 1.807) is 17.9 Å². The van der Waals surface area contributed by atoms with Crippen LogP contribution in [0.2, 0.25) is 0 Å². The lowest BCUT2D eigenvalue weighted by Crippen LogP contribution is -2.32. The van der Waals surface area contributed by atoms with Crippen molar-refractivity contribution in [3.63, 3.8) is 0 Å². The Bertz CT molecular complexity index is 625. The van der Waals surface area contributed by atoms with Gasteiger partial charge in [0.2, 0.25) is 0 Å². The summed E-state index contributed by atoms with van der Waals surface area (Å²) in [5.74, 6) is 0.632. The van der Waals surface area contributed by atoms with Gasteiger partial charge in [-0.15, -0.1) is 5.10 Å². The van der Waals surface area contributed by atoms with Crippen LogP contribution in [-0.4, -0.2) is 37.9 Å². The first-order chi connectivity index (χ1) is 9.25. The van der Waals surface area contributed by atoms with Crippen molar-refractivity contribution in [1.82, 2.24) is 30.1 Å². The molecule has 1 N–H and O–H groups in total. The Balaban J connectivity index is 1.77. The molecule has 0 amide bonds. The molecule has 1 fully saturated rings. The lowest BCUT2D eigenvalue weighted by Gasteiger charge is -2.22. The highest BCUT2D eigenvalue weighted by Crippen LogP contribution is 2.14. The molecule has 1 aliphatic rings. The summed E-state index contributed by atoms with van der Waals surface area (Å²) >= 11 is 0. The van der Waals surface area contributed by atoms with Gasteiger partial charge in [0.05, 0.1) is 6.20 Å². The maximum atomic E-state index is 12.2. The predicted octanol–water partition coefficient (Wildman–Crippen LogP) is -0.0853. The van der Waals surface area contributed by atoms with E-state index >= 15 is 0 Å².